The first-order valence-corrected chi connectivity index (χ1v) is 7.65. The number of anilines is 1. The van der Waals surface area contributed by atoms with Gasteiger partial charge in [-0.05, 0) is 37.1 Å². The van der Waals surface area contributed by atoms with E-state index in [4.69, 9.17) is 0 Å². The quantitative estimate of drug-likeness (QED) is 0.947. The Hall–Kier alpha value is -2.43. The van der Waals surface area contributed by atoms with Crippen molar-refractivity contribution in [3.63, 3.8) is 0 Å². The van der Waals surface area contributed by atoms with Crippen LogP contribution in [0.25, 0.3) is 10.9 Å². The van der Waals surface area contributed by atoms with Crippen molar-refractivity contribution >= 4 is 28.4 Å². The topological polar surface area (TPSA) is 62.3 Å². The highest BCUT2D eigenvalue weighted by Crippen LogP contribution is 2.21. The van der Waals surface area contributed by atoms with Crippen LogP contribution in [0.2, 0.25) is 0 Å². The van der Waals surface area contributed by atoms with Crippen molar-refractivity contribution in [2.45, 2.75) is 25.7 Å². The highest BCUT2D eigenvalue weighted by molar-refractivity contribution is 6.02. The summed E-state index contributed by atoms with van der Waals surface area (Å²) in [7, 11) is 0. The van der Waals surface area contributed by atoms with Crippen LogP contribution in [0.15, 0.2) is 36.5 Å². The monoisotopic (exact) mass is 297 g/mol. The second-order valence-electron chi connectivity index (χ2n) is 5.55. The maximum Gasteiger partial charge on any atom is 0.244 e. The number of pyridine rings is 1. The first-order valence-electron chi connectivity index (χ1n) is 7.65. The number of fused-ring (bicyclic) bond motifs is 1. The van der Waals surface area contributed by atoms with Crippen LogP contribution in [-0.4, -0.2) is 34.8 Å². The molecule has 0 aliphatic carbocycles. The van der Waals surface area contributed by atoms with Crippen LogP contribution in [0.3, 0.4) is 0 Å². The summed E-state index contributed by atoms with van der Waals surface area (Å²) in [6.07, 6.45) is 5.22. The SMILES string of the molecule is O=C(CN1CCCCCC1=O)Nc1cccc2ncccc12. The van der Waals surface area contributed by atoms with Crippen LogP contribution in [-0.2, 0) is 9.59 Å². The zero-order valence-corrected chi connectivity index (χ0v) is 12.4. The van der Waals surface area contributed by atoms with Crippen LogP contribution >= 0.6 is 0 Å². The summed E-state index contributed by atoms with van der Waals surface area (Å²) in [6, 6.07) is 9.39. The molecule has 1 saturated heterocycles. The minimum atomic E-state index is -0.161. The molecular weight excluding hydrogens is 278 g/mol. The smallest absolute Gasteiger partial charge is 0.244 e. The molecule has 0 bridgehead atoms. The van der Waals surface area contributed by atoms with Gasteiger partial charge in [0.05, 0.1) is 17.7 Å². The maximum atomic E-state index is 12.3. The van der Waals surface area contributed by atoms with E-state index in [1.807, 2.05) is 30.3 Å². The standard InChI is InChI=1S/C17H19N3O2/c21-16(12-20-11-3-1-2-9-17(20)22)19-15-8-4-7-14-13(15)6-5-10-18-14/h4-8,10H,1-3,9,11-12H2,(H,19,21). The predicted molar refractivity (Wildman–Crippen MR) is 85.4 cm³/mol. The molecule has 1 aromatic heterocycles. The summed E-state index contributed by atoms with van der Waals surface area (Å²) >= 11 is 0. The Kier molecular flexibility index (Phi) is 4.32. The first-order chi connectivity index (χ1) is 10.7. The number of nitrogens with one attached hydrogen (secondary N) is 1. The molecule has 0 unspecified atom stereocenters. The summed E-state index contributed by atoms with van der Waals surface area (Å²) in [5.74, 6) is -0.0844. The molecule has 2 heterocycles. The number of amides is 2. The number of likely N-dealkylation sites (tertiary alicyclic amines) is 1. The van der Waals surface area contributed by atoms with E-state index in [-0.39, 0.29) is 18.4 Å². The molecule has 1 aliphatic heterocycles. The van der Waals surface area contributed by atoms with Crippen LogP contribution in [0, 0.1) is 0 Å². The van der Waals surface area contributed by atoms with E-state index in [0.29, 0.717) is 13.0 Å². The number of nitrogens with zero attached hydrogens (tertiary/aromatic N) is 2. The molecule has 3 rings (SSSR count). The van der Waals surface area contributed by atoms with E-state index in [0.717, 1.165) is 35.9 Å². The lowest BCUT2D eigenvalue weighted by atomic mass is 10.2. The number of carbonyl (C=O) groups excluding carboxylic acids is 2. The molecule has 0 atom stereocenters. The van der Waals surface area contributed by atoms with Gasteiger partial charge < -0.3 is 10.2 Å². The van der Waals surface area contributed by atoms with Crippen LogP contribution in [0.5, 0.6) is 0 Å². The summed E-state index contributed by atoms with van der Waals surface area (Å²) in [5, 5.41) is 3.80. The highest BCUT2D eigenvalue weighted by Gasteiger charge is 2.19. The van der Waals surface area contributed by atoms with Crippen molar-refractivity contribution in [3.05, 3.63) is 36.5 Å². The third-order valence-corrected chi connectivity index (χ3v) is 3.93. The first kappa shape index (κ1) is 14.5. The maximum absolute atomic E-state index is 12.3. The average Bonchev–Trinajstić information content (AvgIpc) is 2.73. The predicted octanol–water partition coefficient (Wildman–Crippen LogP) is 2.58. The Morgan fingerprint density at radius 2 is 2.09 bits per heavy atom. The third kappa shape index (κ3) is 3.24. The van der Waals surface area contributed by atoms with Crippen molar-refractivity contribution in [2.75, 3.05) is 18.4 Å². The Balaban J connectivity index is 1.72. The summed E-state index contributed by atoms with van der Waals surface area (Å²) in [5.41, 5.74) is 1.57. The molecular formula is C17H19N3O2. The molecule has 0 spiro atoms. The molecule has 1 aliphatic rings. The van der Waals surface area contributed by atoms with Crippen LogP contribution in [0.4, 0.5) is 5.69 Å². The number of carbonyl (C=O) groups is 2. The van der Waals surface area contributed by atoms with Gasteiger partial charge in [0.25, 0.3) is 0 Å². The Morgan fingerprint density at radius 1 is 1.18 bits per heavy atom. The van der Waals surface area contributed by atoms with E-state index in [1.165, 1.54) is 0 Å². The fraction of sp³-hybridized carbons (Fsp3) is 0.353. The lowest BCUT2D eigenvalue weighted by molar-refractivity contribution is -0.134. The second-order valence-corrected chi connectivity index (χ2v) is 5.55. The lowest BCUT2D eigenvalue weighted by Gasteiger charge is -2.20. The van der Waals surface area contributed by atoms with Gasteiger partial charge in [-0.2, -0.15) is 0 Å². The van der Waals surface area contributed by atoms with Crippen molar-refractivity contribution < 1.29 is 9.59 Å². The van der Waals surface area contributed by atoms with Crippen LogP contribution < -0.4 is 5.32 Å². The fourth-order valence-corrected chi connectivity index (χ4v) is 2.78. The minimum Gasteiger partial charge on any atom is -0.333 e. The van der Waals surface area contributed by atoms with Crippen LogP contribution in [0.1, 0.15) is 25.7 Å². The molecule has 22 heavy (non-hydrogen) atoms. The van der Waals surface area contributed by atoms with Crippen molar-refractivity contribution in [2.24, 2.45) is 0 Å². The molecule has 5 heteroatoms. The average molecular weight is 297 g/mol. The minimum absolute atomic E-state index is 0.0761. The van der Waals surface area contributed by atoms with Gasteiger partial charge in [0.2, 0.25) is 11.8 Å². The van der Waals surface area contributed by atoms with Crippen molar-refractivity contribution in [1.82, 2.24) is 9.88 Å². The van der Waals surface area contributed by atoms with Gasteiger partial charge in [0.15, 0.2) is 0 Å². The molecule has 2 amide bonds. The Labute approximate surface area is 129 Å². The zero-order chi connectivity index (χ0) is 15.4. The van der Waals surface area contributed by atoms with Gasteiger partial charge in [0, 0.05) is 24.5 Å². The van der Waals surface area contributed by atoms with E-state index in [1.54, 1.807) is 11.1 Å². The molecule has 114 valence electrons. The third-order valence-electron chi connectivity index (χ3n) is 3.93. The number of benzene rings is 1. The molecule has 1 aromatic carbocycles. The second kappa shape index (κ2) is 6.56. The van der Waals surface area contributed by atoms with E-state index >= 15 is 0 Å². The summed E-state index contributed by atoms with van der Waals surface area (Å²) in [4.78, 5) is 30.1. The van der Waals surface area contributed by atoms with E-state index in [9.17, 15) is 9.59 Å². The van der Waals surface area contributed by atoms with Gasteiger partial charge in [-0.1, -0.05) is 12.5 Å². The number of rotatable bonds is 3. The molecule has 0 radical (unpaired) electrons. The highest BCUT2D eigenvalue weighted by atomic mass is 16.2. The largest absolute Gasteiger partial charge is 0.333 e. The molecule has 2 aromatic rings. The summed E-state index contributed by atoms with van der Waals surface area (Å²) in [6.45, 7) is 0.791. The van der Waals surface area contributed by atoms with Gasteiger partial charge in [-0.3, -0.25) is 14.6 Å². The van der Waals surface area contributed by atoms with Gasteiger partial charge >= 0.3 is 0 Å². The van der Waals surface area contributed by atoms with Crippen molar-refractivity contribution in [3.8, 4) is 0 Å². The van der Waals surface area contributed by atoms with Gasteiger partial charge in [0.1, 0.15) is 0 Å². The molecule has 1 fully saturated rings. The fourth-order valence-electron chi connectivity index (χ4n) is 2.78. The molecule has 0 saturated carbocycles. The Bertz CT molecular complexity index is 694. The number of hydrogen-bond donors (Lipinski definition) is 1. The zero-order valence-electron chi connectivity index (χ0n) is 12.4. The lowest BCUT2D eigenvalue weighted by Crippen LogP contribution is -2.37. The normalized spacial score (nSPS) is 15.6. The van der Waals surface area contributed by atoms with E-state index < -0.39 is 0 Å². The van der Waals surface area contributed by atoms with Gasteiger partial charge in [-0.15, -0.1) is 0 Å². The molecule has 5 nitrogen and oxygen atoms in total. The Morgan fingerprint density at radius 3 is 3.00 bits per heavy atom. The number of hydrogen-bond acceptors (Lipinski definition) is 3. The summed E-state index contributed by atoms with van der Waals surface area (Å²) < 4.78 is 0. The van der Waals surface area contributed by atoms with Gasteiger partial charge in [-0.25, -0.2) is 0 Å². The molecule has 1 N–H and O–H groups in total. The van der Waals surface area contributed by atoms with E-state index in [2.05, 4.69) is 10.3 Å². The van der Waals surface area contributed by atoms with Crippen molar-refractivity contribution in [1.29, 1.82) is 0 Å². The number of aromatic nitrogens is 1.